The summed E-state index contributed by atoms with van der Waals surface area (Å²) >= 11 is 2.95. The molecule has 4 aliphatic rings. The first-order valence-electron chi connectivity index (χ1n) is 15.8. The fraction of sp³-hybridized carbons (Fsp3) is 0.486. The summed E-state index contributed by atoms with van der Waals surface area (Å²) in [6.45, 7) is 4.39. The minimum atomic E-state index is -1.46. The van der Waals surface area contributed by atoms with Crippen LogP contribution in [-0.2, 0) is 11.2 Å². The van der Waals surface area contributed by atoms with Crippen molar-refractivity contribution >= 4 is 45.2 Å². The van der Waals surface area contributed by atoms with Gasteiger partial charge in [0.05, 0.1) is 41.1 Å². The summed E-state index contributed by atoms with van der Waals surface area (Å²) in [7, 11) is 1.63. The van der Waals surface area contributed by atoms with Gasteiger partial charge in [0, 0.05) is 17.7 Å². The number of benzene rings is 1. The summed E-state index contributed by atoms with van der Waals surface area (Å²) in [6.07, 6.45) is 9.80. The second kappa shape index (κ2) is 10.5. The number of fused-ring (bicyclic) bond motifs is 7. The van der Waals surface area contributed by atoms with Crippen molar-refractivity contribution in [2.75, 3.05) is 12.9 Å². The van der Waals surface area contributed by atoms with Crippen LogP contribution in [0.3, 0.4) is 0 Å². The lowest BCUT2D eigenvalue weighted by Crippen LogP contribution is -2.62. The van der Waals surface area contributed by atoms with Gasteiger partial charge in [-0.05, 0) is 97.6 Å². The van der Waals surface area contributed by atoms with Crippen molar-refractivity contribution < 1.29 is 19.7 Å². The maximum absolute atomic E-state index is 13.9. The van der Waals surface area contributed by atoms with E-state index in [1.165, 1.54) is 22.9 Å². The molecular formula is C35H38N4O4S2. The normalized spacial score (nSPS) is 33.6. The van der Waals surface area contributed by atoms with E-state index in [-0.39, 0.29) is 34.7 Å². The molecule has 3 saturated carbocycles. The third kappa shape index (κ3) is 4.32. The van der Waals surface area contributed by atoms with Crippen LogP contribution in [0.15, 0.2) is 58.7 Å². The molecule has 7 atom stereocenters. The second-order valence-corrected chi connectivity index (χ2v) is 16.1. The Balaban J connectivity index is 1.03. The number of thiazole rings is 1. The summed E-state index contributed by atoms with van der Waals surface area (Å²) in [6, 6.07) is 11.7. The van der Waals surface area contributed by atoms with E-state index in [9.17, 15) is 15.0 Å². The molecule has 0 aliphatic heterocycles. The number of carbonyl (C=O) groups is 1. The molecule has 0 saturated heterocycles. The highest BCUT2D eigenvalue weighted by atomic mass is 32.2. The SMILES string of the molecule is COc1ccc2sc(SCC(=O)[C@@]3(O)CCC4C5CCC6=Cc7c(cnn7-c7ccccn7)CC6(C)C5C(O)CC43C)nc2c1. The topological polar surface area (TPSA) is 110 Å². The zero-order chi connectivity index (χ0) is 31.1. The maximum Gasteiger partial charge on any atom is 0.175 e. The molecule has 3 aromatic heterocycles. The van der Waals surface area contributed by atoms with Crippen molar-refractivity contribution in [2.45, 2.75) is 68.4 Å². The van der Waals surface area contributed by atoms with Crippen molar-refractivity contribution in [1.29, 1.82) is 0 Å². The van der Waals surface area contributed by atoms with E-state index in [2.05, 4.69) is 24.9 Å². The number of aliphatic hydroxyl groups excluding tert-OH is 1. The predicted molar refractivity (Wildman–Crippen MR) is 176 cm³/mol. The molecule has 234 valence electrons. The third-order valence-corrected chi connectivity index (χ3v) is 14.0. The van der Waals surface area contributed by atoms with E-state index in [0.29, 0.717) is 12.8 Å². The summed E-state index contributed by atoms with van der Waals surface area (Å²) < 4.78 is 9.10. The highest BCUT2D eigenvalue weighted by molar-refractivity contribution is 8.01. The number of ketones is 1. The Morgan fingerprint density at radius 1 is 1.22 bits per heavy atom. The van der Waals surface area contributed by atoms with Gasteiger partial charge in [-0.3, -0.25) is 4.79 Å². The first kappa shape index (κ1) is 29.4. The monoisotopic (exact) mass is 642 g/mol. The van der Waals surface area contributed by atoms with Gasteiger partial charge in [-0.15, -0.1) is 11.3 Å². The number of pyridine rings is 1. The Hall–Kier alpha value is -3.05. The van der Waals surface area contributed by atoms with Crippen molar-refractivity contribution in [2.24, 2.45) is 28.6 Å². The van der Waals surface area contributed by atoms with Crippen LogP contribution in [0.4, 0.5) is 0 Å². The van der Waals surface area contributed by atoms with E-state index in [1.807, 2.05) is 47.3 Å². The fourth-order valence-corrected chi connectivity index (χ4v) is 11.6. The highest BCUT2D eigenvalue weighted by Gasteiger charge is 2.68. The number of ether oxygens (including phenoxy) is 1. The van der Waals surface area contributed by atoms with Gasteiger partial charge in [0.15, 0.2) is 15.9 Å². The van der Waals surface area contributed by atoms with Crippen molar-refractivity contribution in [3.8, 4) is 11.6 Å². The molecule has 10 heteroatoms. The molecule has 3 heterocycles. The van der Waals surface area contributed by atoms with E-state index in [0.717, 1.165) is 57.5 Å². The smallest absolute Gasteiger partial charge is 0.175 e. The van der Waals surface area contributed by atoms with Crippen LogP contribution in [0.5, 0.6) is 5.75 Å². The van der Waals surface area contributed by atoms with Crippen LogP contribution in [0, 0.1) is 28.6 Å². The molecule has 0 bridgehead atoms. The summed E-state index contributed by atoms with van der Waals surface area (Å²) in [5.74, 6) is 2.05. The quantitative estimate of drug-likeness (QED) is 0.242. The van der Waals surface area contributed by atoms with Crippen LogP contribution in [0.2, 0.25) is 0 Å². The van der Waals surface area contributed by atoms with Gasteiger partial charge in [0.2, 0.25) is 0 Å². The number of rotatable bonds is 6. The van der Waals surface area contributed by atoms with Gasteiger partial charge >= 0.3 is 0 Å². The third-order valence-electron chi connectivity index (χ3n) is 11.8. The minimum Gasteiger partial charge on any atom is -0.497 e. The van der Waals surface area contributed by atoms with Gasteiger partial charge in [-0.25, -0.2) is 14.6 Å². The van der Waals surface area contributed by atoms with Gasteiger partial charge in [-0.2, -0.15) is 5.10 Å². The average Bonchev–Trinajstić information content (AvgIpc) is 3.71. The summed E-state index contributed by atoms with van der Waals surface area (Å²) in [5, 5.41) is 28.9. The number of allylic oxidation sites excluding steroid dienone is 1. The zero-order valence-corrected chi connectivity index (χ0v) is 27.4. The first-order chi connectivity index (χ1) is 21.6. The highest BCUT2D eigenvalue weighted by Crippen LogP contribution is 2.67. The average molecular weight is 643 g/mol. The van der Waals surface area contributed by atoms with E-state index in [1.54, 1.807) is 24.6 Å². The fourth-order valence-electron chi connectivity index (χ4n) is 9.63. The van der Waals surface area contributed by atoms with E-state index in [4.69, 9.17) is 14.8 Å². The number of aliphatic hydroxyl groups is 2. The number of thioether (sulfide) groups is 1. The molecule has 45 heavy (non-hydrogen) atoms. The predicted octanol–water partition coefficient (Wildman–Crippen LogP) is 6.13. The van der Waals surface area contributed by atoms with Crippen LogP contribution in [0.1, 0.15) is 57.2 Å². The van der Waals surface area contributed by atoms with Gasteiger partial charge in [0.1, 0.15) is 11.4 Å². The molecule has 8 rings (SSSR count). The maximum atomic E-state index is 13.9. The molecular weight excluding hydrogens is 605 g/mol. The Morgan fingerprint density at radius 3 is 2.89 bits per heavy atom. The van der Waals surface area contributed by atoms with Crippen molar-refractivity contribution in [3.63, 3.8) is 0 Å². The van der Waals surface area contributed by atoms with Gasteiger partial charge < -0.3 is 14.9 Å². The molecule has 2 N–H and O–H groups in total. The molecule has 3 fully saturated rings. The lowest BCUT2D eigenvalue weighted by Gasteiger charge is -2.60. The molecule has 0 spiro atoms. The van der Waals surface area contributed by atoms with E-state index < -0.39 is 17.1 Å². The lowest BCUT2D eigenvalue weighted by atomic mass is 9.45. The number of hydrogen-bond donors (Lipinski definition) is 2. The summed E-state index contributed by atoms with van der Waals surface area (Å²) in [5.41, 5.74) is 2.14. The molecule has 6 unspecified atom stereocenters. The summed E-state index contributed by atoms with van der Waals surface area (Å²) in [4.78, 5) is 23.1. The zero-order valence-electron chi connectivity index (χ0n) is 25.8. The van der Waals surface area contributed by atoms with Crippen LogP contribution in [0.25, 0.3) is 22.1 Å². The van der Waals surface area contributed by atoms with Crippen LogP contribution < -0.4 is 4.74 Å². The number of Topliss-reactive ketones (excluding diaryl/α,β-unsaturated/α-hetero) is 1. The molecule has 0 amide bonds. The Labute approximate surface area is 270 Å². The van der Waals surface area contributed by atoms with Gasteiger partial charge in [0.25, 0.3) is 0 Å². The van der Waals surface area contributed by atoms with Crippen LogP contribution >= 0.6 is 23.1 Å². The standard InChI is InChI=1S/C35H38N4O4S2/c1-33-16-20-18-37-39(30-6-4-5-13-36-30)26(20)14-21(33)7-9-23-24-11-12-35(42,34(24,2)17-27(40)31(23)33)29(41)19-44-32-38-25-15-22(43-3)8-10-28(25)45-32/h4-6,8,10,13-15,18,23-24,27,31,40,42H,7,9,11-12,16-17,19H2,1-3H3/t23?,24?,27?,31?,33?,34?,35-/m0/s1. The van der Waals surface area contributed by atoms with Crippen molar-refractivity contribution in [1.82, 2.24) is 19.7 Å². The number of nitrogens with zero attached hydrogens (tertiary/aromatic N) is 4. The molecule has 0 radical (unpaired) electrons. The lowest BCUT2D eigenvalue weighted by molar-refractivity contribution is -0.177. The molecule has 1 aromatic carbocycles. The number of carbonyl (C=O) groups excluding carboxylic acids is 1. The largest absolute Gasteiger partial charge is 0.497 e. The van der Waals surface area contributed by atoms with E-state index >= 15 is 0 Å². The van der Waals surface area contributed by atoms with Crippen molar-refractivity contribution in [3.05, 3.63) is 65.6 Å². The van der Waals surface area contributed by atoms with Gasteiger partial charge in [-0.1, -0.05) is 37.2 Å². The molecule has 4 aliphatic carbocycles. The molecule has 8 nitrogen and oxygen atoms in total. The number of hydrogen-bond acceptors (Lipinski definition) is 9. The Bertz CT molecular complexity index is 1840. The Kier molecular flexibility index (Phi) is 6.84. The molecule has 4 aromatic rings. The number of aromatic nitrogens is 4. The second-order valence-electron chi connectivity index (χ2n) is 13.9. The first-order valence-corrected chi connectivity index (χ1v) is 17.7. The number of methoxy groups -OCH3 is 1. The Morgan fingerprint density at radius 2 is 2.09 bits per heavy atom. The minimum absolute atomic E-state index is 0.0634. The van der Waals surface area contributed by atoms with Crippen LogP contribution in [-0.4, -0.2) is 60.3 Å².